The number of hydrogen-bond acceptors (Lipinski definition) is 5. The number of carbonyl (C=O) groups excluding carboxylic acids is 1. The first-order valence-electron chi connectivity index (χ1n) is 11.3. The van der Waals surface area contributed by atoms with Gasteiger partial charge in [0.25, 0.3) is 5.56 Å². The monoisotopic (exact) mass is 497 g/mol. The number of benzene rings is 1. The Morgan fingerprint density at radius 2 is 1.81 bits per heavy atom. The van der Waals surface area contributed by atoms with Crippen LogP contribution in [0.5, 0.6) is 0 Å². The van der Waals surface area contributed by atoms with Crippen molar-refractivity contribution in [2.75, 3.05) is 0 Å². The Morgan fingerprint density at radius 1 is 1.11 bits per heavy atom. The van der Waals surface area contributed by atoms with Crippen molar-refractivity contribution in [3.63, 3.8) is 0 Å². The van der Waals surface area contributed by atoms with Crippen LogP contribution in [0.25, 0.3) is 22.6 Å². The van der Waals surface area contributed by atoms with E-state index in [1.165, 1.54) is 24.5 Å². The molecule has 2 N–H and O–H groups in total. The lowest BCUT2D eigenvalue weighted by Gasteiger charge is -2.15. The summed E-state index contributed by atoms with van der Waals surface area (Å²) in [5.74, 6) is 5.74. The molecule has 1 aromatic carbocycles. The fourth-order valence-corrected chi connectivity index (χ4v) is 3.13. The van der Waals surface area contributed by atoms with Crippen molar-refractivity contribution in [2.24, 2.45) is 11.8 Å². The molecular formula is C26H26F3N5O2. The predicted molar refractivity (Wildman–Crippen MR) is 129 cm³/mol. The average molecular weight is 498 g/mol. The van der Waals surface area contributed by atoms with Gasteiger partial charge in [0.2, 0.25) is 11.7 Å². The molecule has 0 spiro atoms. The van der Waals surface area contributed by atoms with E-state index in [9.17, 15) is 22.8 Å². The van der Waals surface area contributed by atoms with E-state index >= 15 is 0 Å². The van der Waals surface area contributed by atoms with Crippen molar-refractivity contribution in [3.05, 3.63) is 64.0 Å². The lowest BCUT2D eigenvalue weighted by Crippen LogP contribution is -2.27. The number of rotatable bonds is 6. The quantitative estimate of drug-likeness (QED) is 0.486. The molecule has 3 aromatic rings. The summed E-state index contributed by atoms with van der Waals surface area (Å²) in [6.45, 7) is 7.52. The van der Waals surface area contributed by atoms with Gasteiger partial charge in [-0.25, -0.2) is 15.0 Å². The van der Waals surface area contributed by atoms with Crippen LogP contribution in [0.3, 0.4) is 0 Å². The largest absolute Gasteiger partial charge is 0.417 e. The molecule has 0 aliphatic heterocycles. The van der Waals surface area contributed by atoms with E-state index in [1.807, 2.05) is 13.8 Å². The number of hydrogen-bond donors (Lipinski definition) is 2. The third kappa shape index (κ3) is 7.01. The van der Waals surface area contributed by atoms with E-state index in [0.29, 0.717) is 29.3 Å². The molecule has 2 heterocycles. The third-order valence-electron chi connectivity index (χ3n) is 5.04. The number of aromatic amines is 1. The van der Waals surface area contributed by atoms with Gasteiger partial charge >= 0.3 is 6.18 Å². The summed E-state index contributed by atoms with van der Waals surface area (Å²) < 4.78 is 41.3. The Kier molecular flexibility index (Phi) is 8.25. The van der Waals surface area contributed by atoms with Gasteiger partial charge in [-0.2, -0.15) is 13.2 Å². The van der Waals surface area contributed by atoms with Crippen molar-refractivity contribution in [2.45, 2.75) is 46.8 Å². The number of amides is 1. The fourth-order valence-electron chi connectivity index (χ4n) is 3.13. The molecule has 0 saturated carbocycles. The van der Waals surface area contributed by atoms with Crippen LogP contribution in [0.15, 0.2) is 41.5 Å². The summed E-state index contributed by atoms with van der Waals surface area (Å²) in [5.41, 5.74) is -1.02. The zero-order valence-corrected chi connectivity index (χ0v) is 20.3. The molecule has 36 heavy (non-hydrogen) atoms. The number of halogens is 3. The van der Waals surface area contributed by atoms with E-state index in [-0.39, 0.29) is 35.5 Å². The van der Waals surface area contributed by atoms with E-state index in [2.05, 4.69) is 37.1 Å². The van der Waals surface area contributed by atoms with Crippen LogP contribution in [0.4, 0.5) is 13.2 Å². The van der Waals surface area contributed by atoms with Gasteiger partial charge in [0, 0.05) is 48.5 Å². The maximum absolute atomic E-state index is 13.8. The number of carbonyl (C=O) groups is 1. The molecule has 0 radical (unpaired) electrons. The Bertz CT molecular complexity index is 1350. The van der Waals surface area contributed by atoms with E-state index in [1.54, 1.807) is 13.8 Å². The fraction of sp³-hybridized carbons (Fsp3) is 0.346. The van der Waals surface area contributed by atoms with Crippen LogP contribution < -0.4 is 10.9 Å². The van der Waals surface area contributed by atoms with E-state index in [0.717, 1.165) is 12.1 Å². The zero-order chi connectivity index (χ0) is 26.5. The lowest BCUT2D eigenvalue weighted by atomic mass is 10.0. The van der Waals surface area contributed by atoms with Gasteiger partial charge in [-0.3, -0.25) is 9.59 Å². The molecular weight excluding hydrogens is 471 g/mol. The second kappa shape index (κ2) is 11.2. The van der Waals surface area contributed by atoms with Gasteiger partial charge in [0.15, 0.2) is 0 Å². The van der Waals surface area contributed by atoms with Gasteiger partial charge in [-0.05, 0) is 29.5 Å². The van der Waals surface area contributed by atoms with Gasteiger partial charge in [-0.15, -0.1) is 0 Å². The molecule has 3 rings (SSSR count). The highest BCUT2D eigenvalue weighted by Gasteiger charge is 2.34. The minimum atomic E-state index is -4.69. The van der Waals surface area contributed by atoms with E-state index < -0.39 is 17.3 Å². The zero-order valence-electron chi connectivity index (χ0n) is 20.3. The van der Waals surface area contributed by atoms with Gasteiger partial charge in [0.05, 0.1) is 11.3 Å². The second-order valence-electron chi connectivity index (χ2n) is 8.92. The molecule has 0 aliphatic carbocycles. The van der Waals surface area contributed by atoms with Crippen LogP contribution in [-0.2, 0) is 17.5 Å². The molecule has 0 aliphatic rings. The first-order chi connectivity index (χ1) is 16.9. The van der Waals surface area contributed by atoms with Crippen LogP contribution in [0, 0.1) is 23.7 Å². The van der Waals surface area contributed by atoms with Gasteiger partial charge in [0.1, 0.15) is 5.82 Å². The molecule has 188 valence electrons. The minimum Gasteiger partial charge on any atom is -0.352 e. The highest BCUT2D eigenvalue weighted by atomic mass is 19.4. The standard InChI is InChI=1S/C26H26F3N5O2/c1-15(2)6-5-7-22-30-13-18(14-31-22)21-11-23(35)34-24(33-21)19-10-17(12-32-25(36)16(3)4)8-9-20(19)26(27,28)29/h8-11,13-16H,6,12H2,1-4H3,(H,32,36)(H,33,34,35). The molecule has 1 amide bonds. The SMILES string of the molecule is CC(C)CC#Cc1ncc(-c2cc(=O)[nH]c(-c3cc(CNC(=O)C(C)C)ccc3C(F)(F)F)n2)cn1. The lowest BCUT2D eigenvalue weighted by molar-refractivity contribution is -0.137. The molecule has 10 heteroatoms. The summed E-state index contributed by atoms with van der Waals surface area (Å²) in [5, 5.41) is 2.67. The number of nitrogens with zero attached hydrogens (tertiary/aromatic N) is 3. The molecule has 0 unspecified atom stereocenters. The smallest absolute Gasteiger partial charge is 0.352 e. The normalized spacial score (nSPS) is 11.4. The third-order valence-corrected chi connectivity index (χ3v) is 5.04. The van der Waals surface area contributed by atoms with Gasteiger partial charge < -0.3 is 10.3 Å². The first-order valence-corrected chi connectivity index (χ1v) is 11.3. The predicted octanol–water partition coefficient (Wildman–Crippen LogP) is 4.58. The van der Waals surface area contributed by atoms with Crippen LogP contribution >= 0.6 is 0 Å². The Labute approximate surface area is 206 Å². The number of H-pyrrole nitrogens is 1. The molecule has 0 bridgehead atoms. The topological polar surface area (TPSA) is 101 Å². The number of nitrogens with one attached hydrogen (secondary N) is 2. The summed E-state index contributed by atoms with van der Waals surface area (Å²) in [4.78, 5) is 39.2. The van der Waals surface area contributed by atoms with Gasteiger partial charge in [-0.1, -0.05) is 39.7 Å². The maximum atomic E-state index is 13.8. The molecule has 0 fully saturated rings. The minimum absolute atomic E-state index is 0.0270. The number of aromatic nitrogens is 4. The Balaban J connectivity index is 2.00. The second-order valence-corrected chi connectivity index (χ2v) is 8.92. The summed E-state index contributed by atoms with van der Waals surface area (Å²) in [7, 11) is 0. The maximum Gasteiger partial charge on any atom is 0.417 e. The van der Waals surface area contributed by atoms with Crippen LogP contribution in [-0.4, -0.2) is 25.8 Å². The van der Waals surface area contributed by atoms with Crippen molar-refractivity contribution in [3.8, 4) is 34.5 Å². The van der Waals surface area contributed by atoms with Crippen molar-refractivity contribution in [1.29, 1.82) is 0 Å². The summed E-state index contributed by atoms with van der Waals surface area (Å²) in [6, 6.07) is 4.61. The van der Waals surface area contributed by atoms with Crippen LogP contribution in [0.1, 0.15) is 51.1 Å². The highest BCUT2D eigenvalue weighted by molar-refractivity contribution is 5.78. The highest BCUT2D eigenvalue weighted by Crippen LogP contribution is 2.36. The van der Waals surface area contributed by atoms with Crippen LogP contribution in [0.2, 0.25) is 0 Å². The molecule has 0 saturated heterocycles. The molecule has 0 atom stereocenters. The van der Waals surface area contributed by atoms with E-state index in [4.69, 9.17) is 0 Å². The first kappa shape index (κ1) is 26.6. The summed E-state index contributed by atoms with van der Waals surface area (Å²) >= 11 is 0. The Morgan fingerprint density at radius 3 is 2.42 bits per heavy atom. The number of alkyl halides is 3. The molecule has 2 aromatic heterocycles. The molecule has 7 nitrogen and oxygen atoms in total. The Hall–Kier alpha value is -4.00. The summed E-state index contributed by atoms with van der Waals surface area (Å²) in [6.07, 6.45) is -1.17. The average Bonchev–Trinajstić information content (AvgIpc) is 2.81. The van der Waals surface area contributed by atoms with Crippen molar-refractivity contribution in [1.82, 2.24) is 25.3 Å². The van der Waals surface area contributed by atoms with Crippen molar-refractivity contribution < 1.29 is 18.0 Å². The van der Waals surface area contributed by atoms with Crippen molar-refractivity contribution >= 4 is 5.91 Å².